The Bertz CT molecular complexity index is 391. The summed E-state index contributed by atoms with van der Waals surface area (Å²) in [5, 5.41) is 0.731. The molecule has 4 nitrogen and oxygen atoms in total. The SMILES string of the molecule is Clc1cc(Cl)ncn1.Ic1cc(I)ncn1. The first-order chi connectivity index (χ1) is 7.58. The Balaban J connectivity index is 0.000000160. The van der Waals surface area contributed by atoms with E-state index in [4.69, 9.17) is 23.2 Å². The molecule has 0 N–H and O–H groups in total. The Kier molecular flexibility index (Phi) is 6.70. The zero-order valence-electron chi connectivity index (χ0n) is 7.61. The molecule has 0 aliphatic heterocycles. The van der Waals surface area contributed by atoms with Gasteiger partial charge in [0, 0.05) is 12.1 Å². The van der Waals surface area contributed by atoms with Crippen molar-refractivity contribution in [1.29, 1.82) is 0 Å². The van der Waals surface area contributed by atoms with Gasteiger partial charge in [-0.1, -0.05) is 23.2 Å². The summed E-state index contributed by atoms with van der Waals surface area (Å²) < 4.78 is 1.98. The predicted molar refractivity (Wildman–Crippen MR) is 79.5 cm³/mol. The molecule has 0 saturated heterocycles. The second-order valence-corrected chi connectivity index (χ2v) is 5.31. The topological polar surface area (TPSA) is 51.6 Å². The van der Waals surface area contributed by atoms with Crippen LogP contribution in [0.3, 0.4) is 0 Å². The highest BCUT2D eigenvalue weighted by Gasteiger charge is 1.88. The van der Waals surface area contributed by atoms with Crippen LogP contribution in [0.2, 0.25) is 10.3 Å². The average Bonchev–Trinajstić information content (AvgIpc) is 2.17. The largest absolute Gasteiger partial charge is 0.230 e. The summed E-state index contributed by atoms with van der Waals surface area (Å²) in [6, 6.07) is 3.39. The molecule has 0 fully saturated rings. The number of aromatic nitrogens is 4. The van der Waals surface area contributed by atoms with Gasteiger partial charge in [0.2, 0.25) is 0 Å². The van der Waals surface area contributed by atoms with Gasteiger partial charge in [0.25, 0.3) is 0 Å². The van der Waals surface area contributed by atoms with Crippen molar-refractivity contribution in [3.8, 4) is 0 Å². The Morgan fingerprint density at radius 1 is 0.750 bits per heavy atom. The normalized spacial score (nSPS) is 9.25. The van der Waals surface area contributed by atoms with Crippen molar-refractivity contribution in [3.63, 3.8) is 0 Å². The highest BCUT2D eigenvalue weighted by molar-refractivity contribution is 14.1. The van der Waals surface area contributed by atoms with E-state index in [1.165, 1.54) is 12.4 Å². The van der Waals surface area contributed by atoms with Crippen molar-refractivity contribution < 1.29 is 0 Å². The molecule has 2 heterocycles. The molecule has 0 atom stereocenters. The molecule has 0 radical (unpaired) electrons. The van der Waals surface area contributed by atoms with Gasteiger partial charge < -0.3 is 0 Å². The summed E-state index contributed by atoms with van der Waals surface area (Å²) in [5.74, 6) is 0. The second kappa shape index (κ2) is 7.51. The summed E-state index contributed by atoms with van der Waals surface area (Å²) in [7, 11) is 0. The van der Waals surface area contributed by atoms with E-state index in [0.29, 0.717) is 10.3 Å². The van der Waals surface area contributed by atoms with Crippen molar-refractivity contribution in [1.82, 2.24) is 19.9 Å². The number of halogens is 4. The van der Waals surface area contributed by atoms with Crippen LogP contribution in [0.15, 0.2) is 24.8 Å². The van der Waals surface area contributed by atoms with Crippen LogP contribution < -0.4 is 0 Å². The molecule has 84 valence electrons. The molecular weight excluding hydrogens is 477 g/mol. The van der Waals surface area contributed by atoms with Crippen LogP contribution in [-0.4, -0.2) is 19.9 Å². The molecule has 0 unspecified atom stereocenters. The predicted octanol–water partition coefficient (Wildman–Crippen LogP) is 3.47. The number of hydrogen-bond acceptors (Lipinski definition) is 4. The molecule has 0 saturated carbocycles. The lowest BCUT2D eigenvalue weighted by Crippen LogP contribution is -1.83. The zero-order valence-corrected chi connectivity index (χ0v) is 13.4. The minimum atomic E-state index is 0.366. The highest BCUT2D eigenvalue weighted by atomic mass is 127. The summed E-state index contributed by atoms with van der Waals surface area (Å²) in [6.45, 7) is 0. The summed E-state index contributed by atoms with van der Waals surface area (Å²) in [5.41, 5.74) is 0. The number of hydrogen-bond donors (Lipinski definition) is 0. The Morgan fingerprint density at radius 3 is 1.44 bits per heavy atom. The average molecular weight is 481 g/mol. The quantitative estimate of drug-likeness (QED) is 0.428. The number of nitrogens with zero attached hydrogens (tertiary/aromatic N) is 4. The molecular formula is C8H4Cl2I2N4. The second-order valence-electron chi connectivity index (χ2n) is 2.33. The van der Waals surface area contributed by atoms with Crippen LogP contribution in [0.4, 0.5) is 0 Å². The van der Waals surface area contributed by atoms with Crippen molar-refractivity contribution in [2.24, 2.45) is 0 Å². The van der Waals surface area contributed by atoms with E-state index >= 15 is 0 Å². The molecule has 0 aliphatic rings. The van der Waals surface area contributed by atoms with Gasteiger partial charge in [0.15, 0.2) is 0 Å². The Morgan fingerprint density at radius 2 is 1.19 bits per heavy atom. The summed E-state index contributed by atoms with van der Waals surface area (Å²) in [4.78, 5) is 15.0. The van der Waals surface area contributed by atoms with Gasteiger partial charge in [-0.15, -0.1) is 0 Å². The molecule has 2 rings (SSSR count). The van der Waals surface area contributed by atoms with Gasteiger partial charge in [-0.25, -0.2) is 19.9 Å². The molecule has 2 aromatic rings. The molecule has 16 heavy (non-hydrogen) atoms. The minimum absolute atomic E-state index is 0.366. The van der Waals surface area contributed by atoms with Crippen LogP contribution in [-0.2, 0) is 0 Å². The Hall–Kier alpha value is 0.200. The van der Waals surface area contributed by atoms with E-state index in [-0.39, 0.29) is 0 Å². The van der Waals surface area contributed by atoms with E-state index in [0.717, 1.165) is 7.40 Å². The third-order valence-corrected chi connectivity index (χ3v) is 2.79. The van der Waals surface area contributed by atoms with E-state index in [1.807, 2.05) is 6.07 Å². The molecule has 0 bridgehead atoms. The monoisotopic (exact) mass is 480 g/mol. The van der Waals surface area contributed by atoms with E-state index in [2.05, 4.69) is 65.1 Å². The maximum atomic E-state index is 5.41. The Labute approximate surface area is 130 Å². The van der Waals surface area contributed by atoms with E-state index in [1.54, 1.807) is 6.33 Å². The fourth-order valence-electron chi connectivity index (χ4n) is 0.624. The summed E-state index contributed by atoms with van der Waals surface area (Å²) in [6.07, 6.45) is 2.87. The van der Waals surface area contributed by atoms with Gasteiger partial charge in [-0.3, -0.25) is 0 Å². The highest BCUT2D eigenvalue weighted by Crippen LogP contribution is 2.07. The maximum absolute atomic E-state index is 5.41. The van der Waals surface area contributed by atoms with Crippen LogP contribution in [0.1, 0.15) is 0 Å². The lowest BCUT2D eigenvalue weighted by molar-refractivity contribution is 1.11. The fraction of sp³-hybridized carbons (Fsp3) is 0. The first kappa shape index (κ1) is 14.3. The van der Waals surface area contributed by atoms with E-state index < -0.39 is 0 Å². The van der Waals surface area contributed by atoms with Gasteiger partial charge in [0.1, 0.15) is 30.4 Å². The van der Waals surface area contributed by atoms with Gasteiger partial charge in [0.05, 0.1) is 0 Å². The minimum Gasteiger partial charge on any atom is -0.230 e. The zero-order chi connectivity index (χ0) is 12.0. The molecule has 2 aromatic heterocycles. The molecule has 0 amide bonds. The van der Waals surface area contributed by atoms with Crippen molar-refractivity contribution in [2.45, 2.75) is 0 Å². The van der Waals surface area contributed by atoms with Gasteiger partial charge >= 0.3 is 0 Å². The molecule has 0 spiro atoms. The van der Waals surface area contributed by atoms with Crippen LogP contribution >= 0.6 is 68.4 Å². The fourth-order valence-corrected chi connectivity index (χ4v) is 2.41. The standard InChI is InChI=1S/C4H2Cl2N2.C4H2I2N2/c2*5-3-1-4(6)8-2-7-3/h2*1-2H. The number of rotatable bonds is 0. The lowest BCUT2D eigenvalue weighted by Gasteiger charge is -1.86. The van der Waals surface area contributed by atoms with Gasteiger partial charge in [-0.05, 0) is 45.2 Å². The third kappa shape index (κ3) is 6.06. The first-order valence-electron chi connectivity index (χ1n) is 3.84. The molecule has 0 aliphatic carbocycles. The van der Waals surface area contributed by atoms with Gasteiger partial charge in [-0.2, -0.15) is 0 Å². The van der Waals surface area contributed by atoms with Crippen molar-refractivity contribution in [2.75, 3.05) is 0 Å². The van der Waals surface area contributed by atoms with Crippen LogP contribution in [0.5, 0.6) is 0 Å². The van der Waals surface area contributed by atoms with Crippen LogP contribution in [0.25, 0.3) is 0 Å². The molecule has 8 heteroatoms. The summed E-state index contributed by atoms with van der Waals surface area (Å²) >= 11 is 15.1. The van der Waals surface area contributed by atoms with Crippen LogP contribution in [0, 0.1) is 7.40 Å². The van der Waals surface area contributed by atoms with E-state index in [9.17, 15) is 0 Å². The lowest BCUT2D eigenvalue weighted by atomic mass is 10.7. The molecule has 0 aromatic carbocycles. The van der Waals surface area contributed by atoms with Crippen molar-refractivity contribution in [3.05, 3.63) is 42.5 Å². The first-order valence-corrected chi connectivity index (χ1v) is 6.75. The smallest absolute Gasteiger partial charge is 0.133 e. The van der Waals surface area contributed by atoms with Crippen molar-refractivity contribution >= 4 is 68.4 Å². The maximum Gasteiger partial charge on any atom is 0.133 e. The third-order valence-electron chi connectivity index (χ3n) is 1.20.